The minimum atomic E-state index is -0.331. The summed E-state index contributed by atoms with van der Waals surface area (Å²) in [6.07, 6.45) is 1.35. The lowest BCUT2D eigenvalue weighted by Crippen LogP contribution is -2.11. The van der Waals surface area contributed by atoms with E-state index in [2.05, 4.69) is 20.3 Å². The van der Waals surface area contributed by atoms with Crippen LogP contribution in [0.4, 0.5) is 11.5 Å². The topological polar surface area (TPSA) is 79.9 Å². The molecule has 0 aliphatic heterocycles. The van der Waals surface area contributed by atoms with Crippen molar-refractivity contribution in [3.63, 3.8) is 0 Å². The third-order valence-electron chi connectivity index (χ3n) is 4.29. The maximum atomic E-state index is 12.0. The molecule has 146 valence electrons. The fraction of sp³-hybridized carbons (Fsp3) is 0.136. The summed E-state index contributed by atoms with van der Waals surface area (Å²) in [5, 5.41) is 4.78. The highest BCUT2D eigenvalue weighted by Crippen LogP contribution is 2.29. The Kier molecular flexibility index (Phi) is 5.18. The molecule has 2 N–H and O–H groups in total. The lowest BCUT2D eigenvalue weighted by molar-refractivity contribution is 0.0378. The number of benzene rings is 2. The Labute approximate surface area is 172 Å². The average Bonchev–Trinajstić information content (AvgIpc) is 3.13. The Balaban J connectivity index is 1.63. The van der Waals surface area contributed by atoms with Gasteiger partial charge in [0.05, 0.1) is 17.1 Å². The predicted molar refractivity (Wildman–Crippen MR) is 115 cm³/mol. The van der Waals surface area contributed by atoms with E-state index in [0.717, 1.165) is 22.3 Å². The van der Waals surface area contributed by atoms with Crippen LogP contribution in [0, 0.1) is 0 Å². The van der Waals surface area contributed by atoms with Gasteiger partial charge in [-0.1, -0.05) is 29.8 Å². The third-order valence-corrected chi connectivity index (χ3v) is 4.52. The van der Waals surface area contributed by atoms with Gasteiger partial charge in [-0.15, -0.1) is 0 Å². The minimum absolute atomic E-state index is 0.153. The highest BCUT2D eigenvalue weighted by atomic mass is 35.5. The number of halogens is 1. The third kappa shape index (κ3) is 4.22. The lowest BCUT2D eigenvalue weighted by atomic mass is 10.1. The Morgan fingerprint density at radius 2 is 1.90 bits per heavy atom. The number of H-pyrrole nitrogens is 1. The molecule has 2 aromatic heterocycles. The van der Waals surface area contributed by atoms with Crippen LogP contribution in [0.3, 0.4) is 0 Å². The van der Waals surface area contributed by atoms with E-state index < -0.39 is 0 Å². The maximum absolute atomic E-state index is 12.0. The zero-order chi connectivity index (χ0) is 20.4. The largest absolute Gasteiger partial charge is 0.459 e. The van der Waals surface area contributed by atoms with E-state index >= 15 is 0 Å². The second kappa shape index (κ2) is 7.93. The molecule has 0 aliphatic rings. The summed E-state index contributed by atoms with van der Waals surface area (Å²) in [6, 6.07) is 16.7. The standard InChI is InChI=1S/C22H19ClN4O2/c1-13(2)29-22(28)15-8-6-14(7-9-15)19-11-18-20(24-12-25-21(18)27-19)26-17-5-3-4-16(23)10-17/h3-13H,1-2H3,(H2,24,25,26,27). The zero-order valence-electron chi connectivity index (χ0n) is 15.9. The second-order valence-electron chi connectivity index (χ2n) is 6.83. The van der Waals surface area contributed by atoms with Crippen molar-refractivity contribution in [1.82, 2.24) is 15.0 Å². The van der Waals surface area contributed by atoms with Crippen LogP contribution in [0.5, 0.6) is 0 Å². The molecule has 0 radical (unpaired) electrons. The number of hydrogen-bond acceptors (Lipinski definition) is 5. The van der Waals surface area contributed by atoms with Crippen LogP contribution < -0.4 is 5.32 Å². The van der Waals surface area contributed by atoms with Crippen LogP contribution in [0.15, 0.2) is 60.9 Å². The van der Waals surface area contributed by atoms with Crippen LogP contribution in [-0.2, 0) is 4.74 Å². The first-order valence-electron chi connectivity index (χ1n) is 9.17. The van der Waals surface area contributed by atoms with Gasteiger partial charge in [0.2, 0.25) is 0 Å². The molecule has 7 heteroatoms. The Morgan fingerprint density at radius 3 is 2.62 bits per heavy atom. The number of fused-ring (bicyclic) bond motifs is 1. The smallest absolute Gasteiger partial charge is 0.338 e. The molecule has 0 fully saturated rings. The van der Waals surface area contributed by atoms with Gasteiger partial charge in [-0.2, -0.15) is 0 Å². The quantitative estimate of drug-likeness (QED) is 0.422. The number of carbonyl (C=O) groups excluding carboxylic acids is 1. The van der Waals surface area contributed by atoms with Gasteiger partial charge in [0.15, 0.2) is 0 Å². The maximum Gasteiger partial charge on any atom is 0.338 e. The number of anilines is 2. The number of esters is 1. The van der Waals surface area contributed by atoms with Crippen molar-refractivity contribution in [2.24, 2.45) is 0 Å². The number of nitrogens with zero attached hydrogens (tertiary/aromatic N) is 2. The number of nitrogens with one attached hydrogen (secondary N) is 2. The number of rotatable bonds is 5. The molecule has 0 aliphatic carbocycles. The van der Waals surface area contributed by atoms with E-state index in [4.69, 9.17) is 16.3 Å². The van der Waals surface area contributed by atoms with Gasteiger partial charge in [0.25, 0.3) is 0 Å². The van der Waals surface area contributed by atoms with Crippen LogP contribution in [0.1, 0.15) is 24.2 Å². The number of ether oxygens (including phenoxy) is 1. The Morgan fingerprint density at radius 1 is 1.10 bits per heavy atom. The SMILES string of the molecule is CC(C)OC(=O)c1ccc(-c2cc3c(Nc4cccc(Cl)c4)ncnc3[nH]2)cc1. The monoisotopic (exact) mass is 406 g/mol. The molecule has 0 atom stereocenters. The molecule has 2 aromatic carbocycles. The van der Waals surface area contributed by atoms with Crippen molar-refractivity contribution in [2.75, 3.05) is 5.32 Å². The van der Waals surface area contributed by atoms with E-state index in [9.17, 15) is 4.79 Å². The predicted octanol–water partition coefficient (Wildman–Crippen LogP) is 5.59. The molecule has 0 unspecified atom stereocenters. The molecule has 29 heavy (non-hydrogen) atoms. The summed E-state index contributed by atoms with van der Waals surface area (Å²) in [5.41, 5.74) is 3.87. The first-order valence-corrected chi connectivity index (χ1v) is 9.55. The Bertz CT molecular complexity index is 1170. The number of aromatic amines is 1. The molecule has 0 bridgehead atoms. The van der Waals surface area contributed by atoms with Crippen LogP contribution >= 0.6 is 11.6 Å². The molecule has 4 rings (SSSR count). The molecule has 2 heterocycles. The zero-order valence-corrected chi connectivity index (χ0v) is 16.7. The Hall–Kier alpha value is -3.38. The normalized spacial score (nSPS) is 11.0. The molecule has 0 amide bonds. The van der Waals surface area contributed by atoms with Crippen LogP contribution in [0.2, 0.25) is 5.02 Å². The van der Waals surface area contributed by atoms with Crippen LogP contribution in [0.25, 0.3) is 22.3 Å². The average molecular weight is 407 g/mol. The second-order valence-corrected chi connectivity index (χ2v) is 7.27. The summed E-state index contributed by atoms with van der Waals surface area (Å²) >= 11 is 6.06. The molecule has 4 aromatic rings. The van der Waals surface area contributed by atoms with Crippen molar-refractivity contribution in [3.05, 3.63) is 71.5 Å². The van der Waals surface area contributed by atoms with Gasteiger partial charge in [-0.05, 0) is 55.8 Å². The van der Waals surface area contributed by atoms with Gasteiger partial charge in [-0.25, -0.2) is 14.8 Å². The summed E-state index contributed by atoms with van der Waals surface area (Å²) in [5.74, 6) is 0.346. The van der Waals surface area contributed by atoms with Gasteiger partial charge in [0.1, 0.15) is 17.8 Å². The number of hydrogen-bond donors (Lipinski definition) is 2. The van der Waals surface area contributed by atoms with Crippen LogP contribution in [-0.4, -0.2) is 27.0 Å². The van der Waals surface area contributed by atoms with Crippen molar-refractivity contribution in [3.8, 4) is 11.3 Å². The van der Waals surface area contributed by atoms with Gasteiger partial charge < -0.3 is 15.0 Å². The van der Waals surface area contributed by atoms with E-state index in [0.29, 0.717) is 22.1 Å². The summed E-state index contributed by atoms with van der Waals surface area (Å²) in [6.45, 7) is 3.65. The summed E-state index contributed by atoms with van der Waals surface area (Å²) < 4.78 is 5.23. The summed E-state index contributed by atoms with van der Waals surface area (Å²) in [4.78, 5) is 24.0. The van der Waals surface area contributed by atoms with Crippen molar-refractivity contribution >= 4 is 40.1 Å². The fourth-order valence-corrected chi connectivity index (χ4v) is 3.16. The first-order chi connectivity index (χ1) is 14.0. The number of aromatic nitrogens is 3. The van der Waals surface area contributed by atoms with Crippen molar-refractivity contribution < 1.29 is 9.53 Å². The molecular formula is C22H19ClN4O2. The highest BCUT2D eigenvalue weighted by Gasteiger charge is 2.12. The van der Waals surface area contributed by atoms with E-state index in [1.807, 2.05) is 56.3 Å². The molecule has 0 spiro atoms. The summed E-state index contributed by atoms with van der Waals surface area (Å²) in [7, 11) is 0. The van der Waals surface area contributed by atoms with Gasteiger partial charge in [-0.3, -0.25) is 0 Å². The number of carbonyl (C=O) groups is 1. The lowest BCUT2D eigenvalue weighted by Gasteiger charge is -2.08. The first kappa shape index (κ1) is 19.0. The molecule has 6 nitrogen and oxygen atoms in total. The van der Waals surface area contributed by atoms with Gasteiger partial charge >= 0.3 is 5.97 Å². The molecular weight excluding hydrogens is 388 g/mol. The van der Waals surface area contributed by atoms with E-state index in [1.165, 1.54) is 6.33 Å². The molecule has 0 saturated carbocycles. The van der Waals surface area contributed by atoms with Crippen molar-refractivity contribution in [1.29, 1.82) is 0 Å². The fourth-order valence-electron chi connectivity index (χ4n) is 2.97. The highest BCUT2D eigenvalue weighted by molar-refractivity contribution is 6.30. The van der Waals surface area contributed by atoms with E-state index in [-0.39, 0.29) is 12.1 Å². The van der Waals surface area contributed by atoms with Crippen molar-refractivity contribution in [2.45, 2.75) is 20.0 Å². The minimum Gasteiger partial charge on any atom is -0.459 e. The van der Waals surface area contributed by atoms with Gasteiger partial charge in [0, 0.05) is 16.4 Å². The molecule has 0 saturated heterocycles. The van der Waals surface area contributed by atoms with E-state index in [1.54, 1.807) is 12.1 Å².